The van der Waals surface area contributed by atoms with Gasteiger partial charge in [-0.05, 0) is 60.9 Å². The molecule has 0 fully saturated rings. The molecular formula is C20H22N2O3S2. The second kappa shape index (κ2) is 6.96. The van der Waals surface area contributed by atoms with Crippen LogP contribution in [-0.4, -0.2) is 26.1 Å². The molecule has 2 heterocycles. The van der Waals surface area contributed by atoms with E-state index < -0.39 is 10.0 Å². The Morgan fingerprint density at radius 1 is 1.22 bits per heavy atom. The molecular weight excluding hydrogens is 380 g/mol. The van der Waals surface area contributed by atoms with Crippen molar-refractivity contribution in [3.05, 3.63) is 53.6 Å². The summed E-state index contributed by atoms with van der Waals surface area (Å²) in [4.78, 5) is 15.0. The summed E-state index contributed by atoms with van der Waals surface area (Å²) in [5.74, 6) is 0.866. The van der Waals surface area contributed by atoms with Crippen molar-refractivity contribution in [2.45, 2.75) is 48.6 Å². The van der Waals surface area contributed by atoms with Crippen molar-refractivity contribution in [2.24, 2.45) is 0 Å². The Labute approximate surface area is 164 Å². The third-order valence-electron chi connectivity index (χ3n) is 5.17. The van der Waals surface area contributed by atoms with E-state index in [-0.39, 0.29) is 22.9 Å². The Bertz CT molecular complexity index is 1000. The maximum absolute atomic E-state index is 13.0. The topological polar surface area (TPSA) is 66.5 Å². The predicted molar refractivity (Wildman–Crippen MR) is 108 cm³/mol. The number of benzene rings is 2. The highest BCUT2D eigenvalue weighted by Gasteiger charge is 2.31. The van der Waals surface area contributed by atoms with Crippen LogP contribution in [-0.2, 0) is 21.2 Å². The summed E-state index contributed by atoms with van der Waals surface area (Å²) in [5, 5.41) is 0. The first-order valence-corrected chi connectivity index (χ1v) is 11.5. The molecule has 142 valence electrons. The van der Waals surface area contributed by atoms with Crippen molar-refractivity contribution >= 4 is 33.4 Å². The Hall–Kier alpha value is -1.83. The quantitative estimate of drug-likeness (QED) is 0.853. The van der Waals surface area contributed by atoms with Gasteiger partial charge in [0.15, 0.2) is 0 Å². The van der Waals surface area contributed by atoms with E-state index in [9.17, 15) is 13.2 Å². The summed E-state index contributed by atoms with van der Waals surface area (Å²) in [6.45, 7) is 3.51. The molecule has 0 saturated heterocycles. The van der Waals surface area contributed by atoms with Crippen LogP contribution < -0.4 is 9.62 Å². The number of carbonyl (C=O) groups is 1. The first-order valence-electron chi connectivity index (χ1n) is 9.03. The van der Waals surface area contributed by atoms with E-state index in [2.05, 4.69) is 4.72 Å². The summed E-state index contributed by atoms with van der Waals surface area (Å²) in [6.07, 6.45) is 1.43. The van der Waals surface area contributed by atoms with Gasteiger partial charge < -0.3 is 4.90 Å². The van der Waals surface area contributed by atoms with Gasteiger partial charge in [0.1, 0.15) is 0 Å². The SMILES string of the molecule is CC(=O)N1c2ccc(S(=O)(=O)N[C@@H]3CCSc4ccccc43)cc2C[C@H]1C. The molecule has 1 amide bonds. The van der Waals surface area contributed by atoms with Gasteiger partial charge in [-0.1, -0.05) is 18.2 Å². The second-order valence-electron chi connectivity index (χ2n) is 7.08. The number of nitrogens with one attached hydrogen (secondary N) is 1. The molecule has 1 N–H and O–H groups in total. The minimum atomic E-state index is -3.64. The van der Waals surface area contributed by atoms with Crippen molar-refractivity contribution < 1.29 is 13.2 Å². The summed E-state index contributed by atoms with van der Waals surface area (Å²) >= 11 is 1.76. The van der Waals surface area contributed by atoms with Crippen LogP contribution in [0.4, 0.5) is 5.69 Å². The van der Waals surface area contributed by atoms with Crippen LogP contribution in [0.1, 0.15) is 37.4 Å². The fourth-order valence-corrected chi connectivity index (χ4v) is 6.40. The van der Waals surface area contributed by atoms with Crippen LogP contribution in [0.15, 0.2) is 52.3 Å². The van der Waals surface area contributed by atoms with Gasteiger partial charge in [0, 0.05) is 29.6 Å². The zero-order valence-corrected chi connectivity index (χ0v) is 16.9. The van der Waals surface area contributed by atoms with Crippen molar-refractivity contribution in [2.75, 3.05) is 10.7 Å². The average molecular weight is 403 g/mol. The zero-order chi connectivity index (χ0) is 19.2. The summed E-state index contributed by atoms with van der Waals surface area (Å²) < 4.78 is 28.9. The smallest absolute Gasteiger partial charge is 0.241 e. The molecule has 2 aliphatic rings. The molecule has 4 rings (SSSR count). The second-order valence-corrected chi connectivity index (χ2v) is 9.93. The number of carbonyl (C=O) groups excluding carboxylic acids is 1. The predicted octanol–water partition coefficient (Wildman–Crippen LogP) is 3.50. The third kappa shape index (κ3) is 3.39. The number of thioether (sulfide) groups is 1. The van der Waals surface area contributed by atoms with Gasteiger partial charge >= 0.3 is 0 Å². The average Bonchev–Trinajstić information content (AvgIpc) is 2.97. The van der Waals surface area contributed by atoms with Gasteiger partial charge in [0.25, 0.3) is 0 Å². The van der Waals surface area contributed by atoms with Gasteiger partial charge in [-0.3, -0.25) is 4.79 Å². The summed E-state index contributed by atoms with van der Waals surface area (Å²) in [5.41, 5.74) is 2.75. The van der Waals surface area contributed by atoms with Crippen molar-refractivity contribution in [1.82, 2.24) is 4.72 Å². The van der Waals surface area contributed by atoms with Crippen molar-refractivity contribution in [3.8, 4) is 0 Å². The lowest BCUT2D eigenvalue weighted by Crippen LogP contribution is -2.33. The fourth-order valence-electron chi connectivity index (χ4n) is 3.97. The number of hydrogen-bond acceptors (Lipinski definition) is 4. The molecule has 0 spiro atoms. The normalized spacial score (nSPS) is 21.6. The highest BCUT2D eigenvalue weighted by atomic mass is 32.2. The number of hydrogen-bond donors (Lipinski definition) is 1. The Balaban J connectivity index is 1.63. The lowest BCUT2D eigenvalue weighted by molar-refractivity contribution is -0.116. The standard InChI is InChI=1S/C20H22N2O3S2/c1-13-11-15-12-16(7-8-19(15)22(13)14(2)23)27(24,25)21-18-9-10-26-20-6-4-3-5-17(18)20/h3-8,12-13,18,21H,9-11H2,1-2H3/t13-,18-/m1/s1. The number of amides is 1. The Morgan fingerprint density at radius 3 is 2.78 bits per heavy atom. The van der Waals surface area contributed by atoms with E-state index in [0.717, 1.165) is 33.9 Å². The van der Waals surface area contributed by atoms with Gasteiger partial charge in [0.2, 0.25) is 15.9 Å². The van der Waals surface area contributed by atoms with Crippen LogP contribution in [0, 0.1) is 0 Å². The molecule has 2 atom stereocenters. The Morgan fingerprint density at radius 2 is 2.00 bits per heavy atom. The van der Waals surface area contributed by atoms with E-state index >= 15 is 0 Å². The minimum Gasteiger partial charge on any atom is -0.309 e. The largest absolute Gasteiger partial charge is 0.309 e. The fraction of sp³-hybridized carbons (Fsp3) is 0.350. The van der Waals surface area contributed by atoms with Crippen LogP contribution in [0.25, 0.3) is 0 Å². The molecule has 2 aromatic rings. The molecule has 0 aliphatic carbocycles. The van der Waals surface area contributed by atoms with Crippen LogP contribution in [0.2, 0.25) is 0 Å². The van der Waals surface area contributed by atoms with Gasteiger partial charge in [-0.25, -0.2) is 13.1 Å². The van der Waals surface area contributed by atoms with Crippen molar-refractivity contribution in [3.63, 3.8) is 0 Å². The first kappa shape index (κ1) is 18.5. The van der Waals surface area contributed by atoms with Gasteiger partial charge in [-0.2, -0.15) is 0 Å². The maximum Gasteiger partial charge on any atom is 0.241 e. The lowest BCUT2D eigenvalue weighted by atomic mass is 10.1. The number of anilines is 1. The molecule has 0 aromatic heterocycles. The zero-order valence-electron chi connectivity index (χ0n) is 15.3. The Kier molecular flexibility index (Phi) is 4.78. The van der Waals surface area contributed by atoms with E-state index in [0.29, 0.717) is 6.42 Å². The minimum absolute atomic E-state index is 0.0219. The van der Waals surface area contributed by atoms with Crippen molar-refractivity contribution in [1.29, 1.82) is 0 Å². The van der Waals surface area contributed by atoms with Crippen LogP contribution in [0.5, 0.6) is 0 Å². The maximum atomic E-state index is 13.0. The molecule has 0 unspecified atom stereocenters. The molecule has 0 radical (unpaired) electrons. The molecule has 2 aliphatic heterocycles. The molecule has 2 aromatic carbocycles. The molecule has 5 nitrogen and oxygen atoms in total. The van der Waals surface area contributed by atoms with E-state index in [4.69, 9.17) is 0 Å². The van der Waals surface area contributed by atoms with E-state index in [1.165, 1.54) is 6.92 Å². The highest BCUT2D eigenvalue weighted by Crippen LogP contribution is 2.37. The highest BCUT2D eigenvalue weighted by molar-refractivity contribution is 7.99. The van der Waals surface area contributed by atoms with Crippen LogP contribution in [0.3, 0.4) is 0 Å². The van der Waals surface area contributed by atoms with E-state index in [1.54, 1.807) is 34.9 Å². The summed E-state index contributed by atoms with van der Waals surface area (Å²) in [7, 11) is -3.64. The number of fused-ring (bicyclic) bond motifs is 2. The number of sulfonamides is 1. The molecule has 27 heavy (non-hydrogen) atoms. The monoisotopic (exact) mass is 402 g/mol. The van der Waals surface area contributed by atoms with Crippen LogP contribution >= 0.6 is 11.8 Å². The van der Waals surface area contributed by atoms with E-state index in [1.807, 2.05) is 31.2 Å². The van der Waals surface area contributed by atoms with Gasteiger partial charge in [0.05, 0.1) is 4.90 Å². The molecule has 7 heteroatoms. The first-order chi connectivity index (χ1) is 12.9. The summed E-state index contributed by atoms with van der Waals surface area (Å²) in [6, 6.07) is 12.8. The number of nitrogens with zero attached hydrogens (tertiary/aromatic N) is 1. The molecule has 0 saturated carbocycles. The molecule has 0 bridgehead atoms. The lowest BCUT2D eigenvalue weighted by Gasteiger charge is -2.25. The third-order valence-corrected chi connectivity index (χ3v) is 7.76. The van der Waals surface area contributed by atoms with Gasteiger partial charge in [-0.15, -0.1) is 11.8 Å². The number of rotatable bonds is 3.